The molecule has 1 aliphatic rings. The van der Waals surface area contributed by atoms with Crippen molar-refractivity contribution in [3.05, 3.63) is 12.0 Å². The molecule has 0 saturated carbocycles. The van der Waals surface area contributed by atoms with Crippen LogP contribution in [0.3, 0.4) is 0 Å². The molecule has 1 heteroatoms. The highest BCUT2D eigenvalue weighted by Gasteiger charge is 2.30. The van der Waals surface area contributed by atoms with E-state index in [0.717, 1.165) is 6.71 Å². The van der Waals surface area contributed by atoms with Gasteiger partial charge in [0.25, 0.3) is 0 Å². The summed E-state index contributed by atoms with van der Waals surface area (Å²) in [5.74, 6) is 4.50. The van der Waals surface area contributed by atoms with Crippen LogP contribution in [0.2, 0.25) is 5.31 Å². The minimum atomic E-state index is 0.500. The zero-order chi connectivity index (χ0) is 5.49. The fraction of sp³-hybridized carbons (Fsp3) is 0.667. The lowest BCUT2D eigenvalue weighted by Gasteiger charge is -2.13. The summed E-state index contributed by atoms with van der Waals surface area (Å²) in [5.41, 5.74) is 0. The highest BCUT2D eigenvalue weighted by Crippen LogP contribution is 2.33. The zero-order valence-electron chi connectivity index (χ0n) is 5.23. The minimum absolute atomic E-state index is 0.500. The summed E-state index contributed by atoms with van der Waals surface area (Å²) in [5, 5.41) is 0.500. The molecular formula is C6H11B. The van der Waals surface area contributed by atoms with Crippen LogP contribution in [-0.4, -0.2) is 6.71 Å². The molecule has 1 heterocycles. The van der Waals surface area contributed by atoms with Crippen molar-refractivity contribution >= 4 is 6.71 Å². The van der Waals surface area contributed by atoms with E-state index in [1.165, 1.54) is 0 Å². The predicted molar refractivity (Wildman–Crippen MR) is 34.6 cm³/mol. The quantitative estimate of drug-likeness (QED) is 0.402. The number of hydrogen-bond acceptors (Lipinski definition) is 0. The van der Waals surface area contributed by atoms with Crippen LogP contribution in [0.5, 0.6) is 0 Å². The molecule has 0 amide bonds. The lowest BCUT2D eigenvalue weighted by atomic mass is 9.47. The van der Waals surface area contributed by atoms with Gasteiger partial charge in [-0.05, 0) is 0 Å². The van der Waals surface area contributed by atoms with E-state index in [1.807, 2.05) is 0 Å². The molecule has 0 spiro atoms. The lowest BCUT2D eigenvalue weighted by molar-refractivity contribution is 0.754. The summed E-state index contributed by atoms with van der Waals surface area (Å²) in [6, 6.07) is 0. The Labute approximate surface area is 45.7 Å². The lowest BCUT2D eigenvalue weighted by Crippen LogP contribution is -2.09. The largest absolute Gasteiger partial charge is 0.195 e. The molecule has 0 radical (unpaired) electrons. The Morgan fingerprint density at radius 3 is 1.57 bits per heavy atom. The second kappa shape index (κ2) is 1.15. The SMILES string of the molecule is CC(C)(C)B1C=C1. The molecule has 0 aromatic heterocycles. The van der Waals surface area contributed by atoms with Crippen molar-refractivity contribution in [2.24, 2.45) is 0 Å². The first kappa shape index (κ1) is 4.95. The van der Waals surface area contributed by atoms with Crippen LogP contribution in [0.4, 0.5) is 0 Å². The maximum Gasteiger partial charge on any atom is 0.195 e. The topological polar surface area (TPSA) is 0 Å². The van der Waals surface area contributed by atoms with Crippen molar-refractivity contribution in [3.63, 3.8) is 0 Å². The first-order chi connectivity index (χ1) is 3.11. The molecule has 38 valence electrons. The standard InChI is InChI=1S/C6H11B/c1-6(2,3)7-4-5-7/h4-5H,1-3H3. The van der Waals surface area contributed by atoms with Gasteiger partial charge >= 0.3 is 0 Å². The predicted octanol–water partition coefficient (Wildman–Crippen LogP) is 1.93. The Morgan fingerprint density at radius 1 is 1.14 bits per heavy atom. The molecule has 0 atom stereocenters. The molecule has 0 aromatic rings. The molecule has 0 nitrogen and oxygen atoms in total. The van der Waals surface area contributed by atoms with E-state index >= 15 is 0 Å². The van der Waals surface area contributed by atoms with Crippen LogP contribution >= 0.6 is 0 Å². The average molecular weight is 94.0 g/mol. The Kier molecular flexibility index (Phi) is 0.812. The van der Waals surface area contributed by atoms with Gasteiger partial charge in [-0.15, -0.1) is 12.0 Å². The molecule has 0 unspecified atom stereocenters. The van der Waals surface area contributed by atoms with Crippen LogP contribution < -0.4 is 0 Å². The molecule has 1 rings (SSSR count). The first-order valence-corrected chi connectivity index (χ1v) is 2.79. The van der Waals surface area contributed by atoms with Crippen LogP contribution in [0, 0.1) is 0 Å². The fourth-order valence-corrected chi connectivity index (χ4v) is 0.633. The molecule has 0 aromatic carbocycles. The first-order valence-electron chi connectivity index (χ1n) is 2.79. The van der Waals surface area contributed by atoms with Gasteiger partial charge < -0.3 is 0 Å². The van der Waals surface area contributed by atoms with Crippen molar-refractivity contribution in [3.8, 4) is 0 Å². The van der Waals surface area contributed by atoms with Crippen molar-refractivity contribution in [2.45, 2.75) is 26.1 Å². The smallest absolute Gasteiger partial charge is 0.122 e. The Morgan fingerprint density at radius 2 is 1.57 bits per heavy atom. The van der Waals surface area contributed by atoms with Crippen LogP contribution in [0.1, 0.15) is 20.8 Å². The minimum Gasteiger partial charge on any atom is -0.122 e. The molecule has 0 bridgehead atoms. The van der Waals surface area contributed by atoms with Crippen molar-refractivity contribution in [1.29, 1.82) is 0 Å². The number of hydrogen-bond donors (Lipinski definition) is 0. The maximum atomic E-state index is 2.26. The van der Waals surface area contributed by atoms with E-state index < -0.39 is 0 Å². The second-order valence-corrected chi connectivity index (χ2v) is 3.28. The van der Waals surface area contributed by atoms with Gasteiger partial charge in [-0.3, -0.25) is 0 Å². The summed E-state index contributed by atoms with van der Waals surface area (Å²) in [4.78, 5) is 0. The van der Waals surface area contributed by atoms with Crippen LogP contribution in [0.25, 0.3) is 0 Å². The Balaban J connectivity index is 2.38. The Bertz CT molecular complexity index is 91.2. The fourth-order valence-electron chi connectivity index (χ4n) is 0.633. The van der Waals surface area contributed by atoms with Crippen molar-refractivity contribution in [2.75, 3.05) is 0 Å². The molecular weight excluding hydrogens is 82.9 g/mol. The molecule has 7 heavy (non-hydrogen) atoms. The van der Waals surface area contributed by atoms with Gasteiger partial charge in [0.05, 0.1) is 0 Å². The van der Waals surface area contributed by atoms with E-state index in [0.29, 0.717) is 5.31 Å². The van der Waals surface area contributed by atoms with E-state index in [1.54, 1.807) is 0 Å². The van der Waals surface area contributed by atoms with Gasteiger partial charge in [-0.2, -0.15) is 0 Å². The summed E-state index contributed by atoms with van der Waals surface area (Å²) in [7, 11) is 0. The van der Waals surface area contributed by atoms with Gasteiger partial charge in [0.2, 0.25) is 0 Å². The highest BCUT2D eigenvalue weighted by molar-refractivity contribution is 6.82. The third-order valence-corrected chi connectivity index (χ3v) is 1.38. The van der Waals surface area contributed by atoms with Gasteiger partial charge in [-0.25, -0.2) is 0 Å². The average Bonchev–Trinajstić information content (AvgIpc) is 1.99. The summed E-state index contributed by atoms with van der Waals surface area (Å²) < 4.78 is 0. The third kappa shape index (κ3) is 1.08. The molecule has 1 aliphatic heterocycles. The van der Waals surface area contributed by atoms with Gasteiger partial charge in [0.1, 0.15) is 0 Å². The molecule has 0 saturated heterocycles. The van der Waals surface area contributed by atoms with Crippen LogP contribution in [0.15, 0.2) is 12.0 Å². The van der Waals surface area contributed by atoms with Gasteiger partial charge in [0.15, 0.2) is 6.71 Å². The molecule has 0 N–H and O–H groups in total. The van der Waals surface area contributed by atoms with Crippen LogP contribution in [-0.2, 0) is 0 Å². The molecule has 0 fully saturated rings. The normalized spacial score (nSPS) is 17.9. The van der Waals surface area contributed by atoms with Gasteiger partial charge in [-0.1, -0.05) is 26.1 Å². The van der Waals surface area contributed by atoms with E-state index in [4.69, 9.17) is 0 Å². The third-order valence-electron chi connectivity index (χ3n) is 1.38. The van der Waals surface area contributed by atoms with E-state index in [2.05, 4.69) is 32.7 Å². The van der Waals surface area contributed by atoms with E-state index in [-0.39, 0.29) is 0 Å². The zero-order valence-corrected chi connectivity index (χ0v) is 5.23. The maximum absolute atomic E-state index is 2.26. The summed E-state index contributed by atoms with van der Waals surface area (Å²) >= 11 is 0. The highest BCUT2D eigenvalue weighted by atomic mass is 14.1. The van der Waals surface area contributed by atoms with Crippen molar-refractivity contribution in [1.82, 2.24) is 0 Å². The van der Waals surface area contributed by atoms with E-state index in [9.17, 15) is 0 Å². The summed E-state index contributed by atoms with van der Waals surface area (Å²) in [6.07, 6.45) is 0. The van der Waals surface area contributed by atoms with Crippen molar-refractivity contribution < 1.29 is 0 Å². The second-order valence-electron chi connectivity index (χ2n) is 3.28. The van der Waals surface area contributed by atoms with Gasteiger partial charge in [0, 0.05) is 0 Å². The summed E-state index contributed by atoms with van der Waals surface area (Å²) in [6.45, 7) is 7.58. The molecule has 0 aliphatic carbocycles. The Hall–Kier alpha value is -0.195. The monoisotopic (exact) mass is 94.1 g/mol. The number of rotatable bonds is 0.